The summed E-state index contributed by atoms with van der Waals surface area (Å²) in [5.41, 5.74) is 2.28. The van der Waals surface area contributed by atoms with Gasteiger partial charge in [0.2, 0.25) is 5.91 Å². The van der Waals surface area contributed by atoms with E-state index in [1.807, 2.05) is 19.1 Å². The molecule has 0 unspecified atom stereocenters. The van der Waals surface area contributed by atoms with Gasteiger partial charge in [-0.05, 0) is 36.3 Å². The monoisotopic (exact) mass is 430 g/mol. The number of rotatable bonds is 6. The molecule has 2 aromatic rings. The van der Waals surface area contributed by atoms with Crippen LogP contribution in [-0.4, -0.2) is 24.4 Å². The molecule has 2 amide bonds. The fourth-order valence-electron chi connectivity index (χ4n) is 2.13. The molecular weight excluding hydrogens is 412 g/mol. The molecule has 0 heterocycles. The molecular formula is C20H19BrN2O4. The fraction of sp³-hybridized carbons (Fsp3) is 0.150. The topological polar surface area (TPSA) is 84.5 Å². The summed E-state index contributed by atoms with van der Waals surface area (Å²) in [6.45, 7) is 2.74. The fourth-order valence-corrected chi connectivity index (χ4v) is 2.51. The zero-order valence-corrected chi connectivity index (χ0v) is 16.5. The van der Waals surface area contributed by atoms with Crippen LogP contribution in [-0.2, 0) is 19.1 Å². The maximum atomic E-state index is 12.2. The van der Waals surface area contributed by atoms with E-state index < -0.39 is 24.4 Å². The highest BCUT2D eigenvalue weighted by atomic mass is 79.9. The van der Waals surface area contributed by atoms with Crippen molar-refractivity contribution in [3.8, 4) is 0 Å². The number of hydrogen-bond acceptors (Lipinski definition) is 4. The third-order valence-electron chi connectivity index (χ3n) is 3.43. The molecule has 0 atom stereocenters. The van der Waals surface area contributed by atoms with Crippen molar-refractivity contribution in [1.29, 1.82) is 0 Å². The van der Waals surface area contributed by atoms with Crippen LogP contribution in [0.3, 0.4) is 0 Å². The van der Waals surface area contributed by atoms with Crippen LogP contribution in [0.5, 0.6) is 0 Å². The van der Waals surface area contributed by atoms with Crippen LogP contribution in [0.1, 0.15) is 18.1 Å². The Morgan fingerprint density at radius 1 is 1.11 bits per heavy atom. The van der Waals surface area contributed by atoms with Gasteiger partial charge >= 0.3 is 5.97 Å². The van der Waals surface area contributed by atoms with E-state index in [0.29, 0.717) is 11.3 Å². The summed E-state index contributed by atoms with van der Waals surface area (Å²) in [5, 5.41) is 5.07. The van der Waals surface area contributed by atoms with Gasteiger partial charge in [-0.2, -0.15) is 0 Å². The number of carbonyl (C=O) groups is 3. The van der Waals surface area contributed by atoms with Crippen LogP contribution in [0.25, 0.3) is 6.08 Å². The molecule has 0 aliphatic rings. The average molecular weight is 431 g/mol. The molecule has 0 radical (unpaired) electrons. The second-order valence-electron chi connectivity index (χ2n) is 5.74. The molecule has 0 fully saturated rings. The van der Waals surface area contributed by atoms with Gasteiger partial charge in [-0.25, -0.2) is 4.79 Å². The van der Waals surface area contributed by atoms with Crippen molar-refractivity contribution in [3.63, 3.8) is 0 Å². The minimum atomic E-state index is -0.797. The van der Waals surface area contributed by atoms with Crippen molar-refractivity contribution in [2.45, 2.75) is 13.8 Å². The van der Waals surface area contributed by atoms with Crippen molar-refractivity contribution < 1.29 is 19.1 Å². The van der Waals surface area contributed by atoms with Crippen LogP contribution in [0.15, 0.2) is 58.7 Å². The van der Waals surface area contributed by atoms with Crippen molar-refractivity contribution in [1.82, 2.24) is 5.32 Å². The zero-order chi connectivity index (χ0) is 19.8. The number of nitrogens with one attached hydrogen (secondary N) is 2. The summed E-state index contributed by atoms with van der Waals surface area (Å²) in [5.74, 6) is -1.70. The van der Waals surface area contributed by atoms with Gasteiger partial charge in [0.15, 0.2) is 6.61 Å². The average Bonchev–Trinajstić information content (AvgIpc) is 2.63. The van der Waals surface area contributed by atoms with Gasteiger partial charge in [-0.15, -0.1) is 0 Å². The first-order valence-electron chi connectivity index (χ1n) is 8.12. The Hall–Kier alpha value is -2.93. The lowest BCUT2D eigenvalue weighted by Gasteiger charge is -2.10. The van der Waals surface area contributed by atoms with Crippen LogP contribution >= 0.6 is 15.9 Å². The van der Waals surface area contributed by atoms with Gasteiger partial charge in [0, 0.05) is 17.1 Å². The Balaban J connectivity index is 2.00. The second kappa shape index (κ2) is 9.68. The number of esters is 1. The molecule has 6 nitrogen and oxygen atoms in total. The standard InChI is InChI=1S/C20H19BrN2O4/c1-13-8-9-16(11-17(13)21)23-19(25)12-27-20(26)18(22-14(2)24)10-15-6-4-3-5-7-15/h3-11H,12H2,1-2H3,(H,22,24)(H,23,25)/b18-10-. The molecule has 2 N–H and O–H groups in total. The van der Waals surface area contributed by atoms with E-state index in [4.69, 9.17) is 4.74 Å². The molecule has 0 aromatic heterocycles. The Morgan fingerprint density at radius 2 is 1.81 bits per heavy atom. The van der Waals surface area contributed by atoms with Crippen LogP contribution < -0.4 is 10.6 Å². The summed E-state index contributed by atoms with van der Waals surface area (Å²) in [4.78, 5) is 35.6. The van der Waals surface area contributed by atoms with E-state index in [9.17, 15) is 14.4 Å². The molecule has 7 heteroatoms. The Bertz CT molecular complexity index is 879. The minimum absolute atomic E-state index is 0.0421. The Labute approximate surface area is 165 Å². The predicted molar refractivity (Wildman–Crippen MR) is 107 cm³/mol. The zero-order valence-electron chi connectivity index (χ0n) is 14.9. The molecule has 140 valence electrons. The number of hydrogen-bond donors (Lipinski definition) is 2. The Morgan fingerprint density at radius 3 is 2.44 bits per heavy atom. The van der Waals surface area contributed by atoms with Crippen molar-refractivity contribution in [2.24, 2.45) is 0 Å². The molecule has 0 spiro atoms. The van der Waals surface area contributed by atoms with E-state index >= 15 is 0 Å². The predicted octanol–water partition coefficient (Wildman–Crippen LogP) is 3.42. The first-order chi connectivity index (χ1) is 12.8. The van der Waals surface area contributed by atoms with Crippen molar-refractivity contribution in [3.05, 3.63) is 69.8 Å². The highest BCUT2D eigenvalue weighted by Gasteiger charge is 2.15. The third-order valence-corrected chi connectivity index (χ3v) is 4.29. The molecule has 0 bridgehead atoms. The highest BCUT2D eigenvalue weighted by Crippen LogP contribution is 2.20. The van der Waals surface area contributed by atoms with Crippen molar-refractivity contribution >= 4 is 45.5 Å². The molecule has 0 aliphatic carbocycles. The maximum absolute atomic E-state index is 12.2. The quantitative estimate of drug-likeness (QED) is 0.543. The molecule has 0 saturated carbocycles. The molecule has 0 saturated heterocycles. The summed E-state index contributed by atoms with van der Waals surface area (Å²) in [6.07, 6.45) is 1.48. The highest BCUT2D eigenvalue weighted by molar-refractivity contribution is 9.10. The van der Waals surface area contributed by atoms with Crippen LogP contribution in [0, 0.1) is 6.92 Å². The lowest BCUT2D eigenvalue weighted by molar-refractivity contribution is -0.144. The second-order valence-corrected chi connectivity index (χ2v) is 6.59. The SMILES string of the molecule is CC(=O)N/C(=C\c1ccccc1)C(=O)OCC(=O)Nc1ccc(C)c(Br)c1. The van der Waals surface area contributed by atoms with E-state index in [-0.39, 0.29) is 5.70 Å². The number of ether oxygens (including phenoxy) is 1. The number of aryl methyl sites for hydroxylation is 1. The number of benzene rings is 2. The van der Waals surface area contributed by atoms with E-state index in [0.717, 1.165) is 10.0 Å². The summed E-state index contributed by atoms with van der Waals surface area (Å²) < 4.78 is 5.88. The van der Waals surface area contributed by atoms with Gasteiger partial charge in [-0.3, -0.25) is 9.59 Å². The van der Waals surface area contributed by atoms with Crippen LogP contribution in [0.4, 0.5) is 5.69 Å². The van der Waals surface area contributed by atoms with Gasteiger partial charge in [0.25, 0.3) is 5.91 Å². The summed E-state index contributed by atoms with van der Waals surface area (Å²) >= 11 is 3.39. The first-order valence-corrected chi connectivity index (χ1v) is 8.92. The lowest BCUT2D eigenvalue weighted by atomic mass is 10.2. The molecule has 2 rings (SSSR count). The Kier molecular flexibility index (Phi) is 7.31. The smallest absolute Gasteiger partial charge is 0.355 e. The molecule has 0 aliphatic heterocycles. The van der Waals surface area contributed by atoms with E-state index in [2.05, 4.69) is 26.6 Å². The van der Waals surface area contributed by atoms with Gasteiger partial charge in [0.1, 0.15) is 5.70 Å². The van der Waals surface area contributed by atoms with E-state index in [1.54, 1.807) is 36.4 Å². The minimum Gasteiger partial charge on any atom is -0.451 e. The van der Waals surface area contributed by atoms with E-state index in [1.165, 1.54) is 13.0 Å². The normalized spacial score (nSPS) is 10.9. The van der Waals surface area contributed by atoms with Gasteiger partial charge in [0.05, 0.1) is 0 Å². The number of halogens is 1. The molecule has 2 aromatic carbocycles. The number of carbonyl (C=O) groups excluding carboxylic acids is 3. The lowest BCUT2D eigenvalue weighted by Crippen LogP contribution is -2.28. The largest absolute Gasteiger partial charge is 0.451 e. The first kappa shape index (κ1) is 20.4. The third kappa shape index (κ3) is 6.71. The summed E-state index contributed by atoms with van der Waals surface area (Å²) in [6, 6.07) is 14.3. The maximum Gasteiger partial charge on any atom is 0.355 e. The summed E-state index contributed by atoms with van der Waals surface area (Å²) in [7, 11) is 0. The van der Waals surface area contributed by atoms with Gasteiger partial charge < -0.3 is 15.4 Å². The number of anilines is 1. The van der Waals surface area contributed by atoms with Gasteiger partial charge in [-0.1, -0.05) is 52.3 Å². The van der Waals surface area contributed by atoms with Crippen molar-refractivity contribution in [2.75, 3.05) is 11.9 Å². The molecule has 27 heavy (non-hydrogen) atoms. The van der Waals surface area contributed by atoms with Crippen LogP contribution in [0.2, 0.25) is 0 Å². The number of amides is 2.